The average Bonchev–Trinajstić information content (AvgIpc) is 2.81. The zero-order valence-corrected chi connectivity index (χ0v) is 17.7. The molecule has 156 valence electrons. The summed E-state index contributed by atoms with van der Waals surface area (Å²) in [5.74, 6) is 2.54. The van der Waals surface area contributed by atoms with Crippen molar-refractivity contribution >= 4 is 0 Å². The predicted octanol–water partition coefficient (Wildman–Crippen LogP) is 5.46. The summed E-state index contributed by atoms with van der Waals surface area (Å²) in [6.45, 7) is 2.81. The zero-order valence-electron chi connectivity index (χ0n) is 17.7. The summed E-state index contributed by atoms with van der Waals surface area (Å²) in [6.07, 6.45) is 2.29. The Balaban J connectivity index is 1.50. The van der Waals surface area contributed by atoms with Gasteiger partial charge in [-0.15, -0.1) is 0 Å². The van der Waals surface area contributed by atoms with Crippen molar-refractivity contribution in [2.24, 2.45) is 0 Å². The Morgan fingerprint density at radius 1 is 0.900 bits per heavy atom. The first-order valence-electron chi connectivity index (χ1n) is 10.5. The lowest BCUT2D eigenvalue weighted by Crippen LogP contribution is -2.32. The first-order chi connectivity index (χ1) is 14.7. The highest BCUT2D eigenvalue weighted by Crippen LogP contribution is 2.36. The number of piperidine rings is 1. The Labute approximate surface area is 178 Å². The molecule has 0 spiro atoms. The Morgan fingerprint density at radius 2 is 1.67 bits per heavy atom. The van der Waals surface area contributed by atoms with Crippen LogP contribution in [0.4, 0.5) is 0 Å². The normalized spacial score (nSPS) is 15.1. The molecule has 0 bridgehead atoms. The van der Waals surface area contributed by atoms with Crippen molar-refractivity contribution in [1.29, 1.82) is 0 Å². The molecule has 0 unspecified atom stereocenters. The maximum Gasteiger partial charge on any atom is 0.126 e. The second-order valence-electron chi connectivity index (χ2n) is 7.87. The van der Waals surface area contributed by atoms with Crippen molar-refractivity contribution in [2.75, 3.05) is 27.3 Å². The summed E-state index contributed by atoms with van der Waals surface area (Å²) >= 11 is 0. The fraction of sp³-hybridized carbons (Fsp3) is 0.308. The van der Waals surface area contributed by atoms with Gasteiger partial charge in [0.25, 0.3) is 0 Å². The lowest BCUT2D eigenvalue weighted by molar-refractivity contribution is 0.202. The van der Waals surface area contributed by atoms with Crippen LogP contribution in [0.5, 0.6) is 17.2 Å². The molecule has 4 rings (SSSR count). The molecule has 1 aliphatic rings. The number of rotatable bonds is 6. The summed E-state index contributed by atoms with van der Waals surface area (Å²) < 4.78 is 10.9. The SMILES string of the molecule is COc1ccc(OC)c(-c2ccc(O)c(CN3CCC(c4ccccc4)CC3)c2)c1. The second-order valence-corrected chi connectivity index (χ2v) is 7.87. The van der Waals surface area contributed by atoms with Crippen LogP contribution in [0.3, 0.4) is 0 Å². The number of methoxy groups -OCH3 is 2. The van der Waals surface area contributed by atoms with Gasteiger partial charge in [-0.1, -0.05) is 36.4 Å². The highest BCUT2D eigenvalue weighted by atomic mass is 16.5. The standard InChI is InChI=1S/C26H29NO3/c1-29-23-9-11-26(30-2)24(17-23)21-8-10-25(28)22(16-21)18-27-14-12-20(13-15-27)19-6-4-3-5-7-19/h3-11,16-17,20,28H,12-15,18H2,1-2H3. The minimum absolute atomic E-state index is 0.339. The maximum absolute atomic E-state index is 10.5. The number of phenolic OH excluding ortho intramolecular Hbond substituents is 1. The smallest absolute Gasteiger partial charge is 0.126 e. The first-order valence-corrected chi connectivity index (χ1v) is 10.5. The van der Waals surface area contributed by atoms with Crippen molar-refractivity contribution < 1.29 is 14.6 Å². The van der Waals surface area contributed by atoms with Crippen LogP contribution in [0.2, 0.25) is 0 Å². The van der Waals surface area contributed by atoms with E-state index in [9.17, 15) is 5.11 Å². The number of benzene rings is 3. The van der Waals surface area contributed by atoms with Gasteiger partial charge in [0.15, 0.2) is 0 Å². The van der Waals surface area contributed by atoms with E-state index in [4.69, 9.17) is 9.47 Å². The van der Waals surface area contributed by atoms with Gasteiger partial charge in [0, 0.05) is 17.7 Å². The molecule has 3 aromatic rings. The Morgan fingerprint density at radius 3 is 2.37 bits per heavy atom. The molecular weight excluding hydrogens is 374 g/mol. The number of phenols is 1. The average molecular weight is 404 g/mol. The molecule has 1 heterocycles. The summed E-state index contributed by atoms with van der Waals surface area (Å²) in [5, 5.41) is 10.5. The summed E-state index contributed by atoms with van der Waals surface area (Å²) in [7, 11) is 3.33. The molecule has 0 aromatic heterocycles. The molecule has 0 aliphatic carbocycles. The van der Waals surface area contributed by atoms with E-state index in [2.05, 4.69) is 41.3 Å². The molecule has 0 atom stereocenters. The van der Waals surface area contributed by atoms with Crippen LogP contribution < -0.4 is 9.47 Å². The van der Waals surface area contributed by atoms with Gasteiger partial charge < -0.3 is 14.6 Å². The Bertz CT molecular complexity index is 979. The maximum atomic E-state index is 10.5. The van der Waals surface area contributed by atoms with Gasteiger partial charge >= 0.3 is 0 Å². The van der Waals surface area contributed by atoms with Gasteiger partial charge in [0.1, 0.15) is 17.2 Å². The minimum atomic E-state index is 0.339. The molecule has 0 saturated carbocycles. The van der Waals surface area contributed by atoms with Gasteiger partial charge in [0.2, 0.25) is 0 Å². The molecule has 30 heavy (non-hydrogen) atoms. The van der Waals surface area contributed by atoms with E-state index >= 15 is 0 Å². The molecular formula is C26H29NO3. The van der Waals surface area contributed by atoms with Gasteiger partial charge in [-0.2, -0.15) is 0 Å². The molecule has 3 aromatic carbocycles. The van der Waals surface area contributed by atoms with E-state index in [1.54, 1.807) is 20.3 Å². The number of hydrogen-bond acceptors (Lipinski definition) is 4. The number of nitrogens with zero attached hydrogens (tertiary/aromatic N) is 1. The molecule has 1 fully saturated rings. The first kappa shape index (κ1) is 20.3. The van der Waals surface area contributed by atoms with Crippen molar-refractivity contribution in [3.05, 3.63) is 77.9 Å². The van der Waals surface area contributed by atoms with E-state index in [0.29, 0.717) is 11.7 Å². The number of hydrogen-bond donors (Lipinski definition) is 1. The molecule has 1 saturated heterocycles. The molecule has 4 heteroatoms. The van der Waals surface area contributed by atoms with Crippen LogP contribution in [0.1, 0.15) is 29.9 Å². The van der Waals surface area contributed by atoms with E-state index < -0.39 is 0 Å². The highest BCUT2D eigenvalue weighted by molar-refractivity contribution is 5.73. The number of ether oxygens (including phenoxy) is 2. The summed E-state index contributed by atoms with van der Waals surface area (Å²) in [5.41, 5.74) is 4.35. The second kappa shape index (κ2) is 9.23. The van der Waals surface area contributed by atoms with Crippen LogP contribution in [0.25, 0.3) is 11.1 Å². The van der Waals surface area contributed by atoms with E-state index in [1.807, 2.05) is 24.3 Å². The minimum Gasteiger partial charge on any atom is -0.508 e. The third-order valence-corrected chi connectivity index (χ3v) is 6.05. The van der Waals surface area contributed by atoms with Gasteiger partial charge in [-0.05, 0) is 73.3 Å². The van der Waals surface area contributed by atoms with Crippen LogP contribution >= 0.6 is 0 Å². The highest BCUT2D eigenvalue weighted by Gasteiger charge is 2.21. The fourth-order valence-electron chi connectivity index (χ4n) is 4.31. The van der Waals surface area contributed by atoms with Gasteiger partial charge in [0.05, 0.1) is 14.2 Å². The number of likely N-dealkylation sites (tertiary alicyclic amines) is 1. The third kappa shape index (κ3) is 4.44. The topological polar surface area (TPSA) is 41.9 Å². The summed E-state index contributed by atoms with van der Waals surface area (Å²) in [4.78, 5) is 2.43. The van der Waals surface area contributed by atoms with Crippen LogP contribution in [-0.2, 0) is 6.54 Å². The fourth-order valence-corrected chi connectivity index (χ4v) is 4.31. The van der Waals surface area contributed by atoms with Crippen molar-refractivity contribution in [2.45, 2.75) is 25.3 Å². The van der Waals surface area contributed by atoms with Crippen molar-refractivity contribution in [3.63, 3.8) is 0 Å². The number of aromatic hydroxyl groups is 1. The van der Waals surface area contributed by atoms with Crippen molar-refractivity contribution in [3.8, 4) is 28.4 Å². The summed E-state index contributed by atoms with van der Waals surface area (Å²) in [6, 6.07) is 22.3. The Kier molecular flexibility index (Phi) is 6.24. The van der Waals surface area contributed by atoms with E-state index in [1.165, 1.54) is 5.56 Å². The monoisotopic (exact) mass is 403 g/mol. The van der Waals surface area contributed by atoms with Gasteiger partial charge in [-0.3, -0.25) is 4.90 Å². The van der Waals surface area contributed by atoms with E-state index in [-0.39, 0.29) is 0 Å². The molecule has 0 amide bonds. The molecule has 1 N–H and O–H groups in total. The molecule has 4 nitrogen and oxygen atoms in total. The van der Waals surface area contributed by atoms with Crippen LogP contribution in [-0.4, -0.2) is 37.3 Å². The lowest BCUT2D eigenvalue weighted by Gasteiger charge is -2.32. The van der Waals surface area contributed by atoms with Crippen LogP contribution in [0, 0.1) is 0 Å². The Hall–Kier alpha value is -2.98. The third-order valence-electron chi connectivity index (χ3n) is 6.05. The van der Waals surface area contributed by atoms with Crippen LogP contribution in [0.15, 0.2) is 66.7 Å². The molecule has 0 radical (unpaired) electrons. The quantitative estimate of drug-likeness (QED) is 0.594. The van der Waals surface area contributed by atoms with E-state index in [0.717, 1.165) is 60.7 Å². The zero-order chi connectivity index (χ0) is 20.9. The lowest BCUT2D eigenvalue weighted by atomic mass is 9.89. The van der Waals surface area contributed by atoms with Gasteiger partial charge in [-0.25, -0.2) is 0 Å². The molecule has 1 aliphatic heterocycles. The largest absolute Gasteiger partial charge is 0.508 e. The van der Waals surface area contributed by atoms with Crippen molar-refractivity contribution in [1.82, 2.24) is 4.90 Å². The predicted molar refractivity (Wildman–Crippen MR) is 120 cm³/mol.